The maximum absolute atomic E-state index is 13.0. The first-order valence-electron chi connectivity index (χ1n) is 7.14. The number of pyridine rings is 1. The lowest BCUT2D eigenvalue weighted by Crippen LogP contribution is -2.08. The number of hydrogen-bond acceptors (Lipinski definition) is 5. The molecular formula is C17H15FN5. The van der Waals surface area contributed by atoms with Gasteiger partial charge in [-0.1, -0.05) is 12.1 Å². The van der Waals surface area contributed by atoms with Crippen LogP contribution >= 0.6 is 0 Å². The maximum Gasteiger partial charge on any atom is 0.150 e. The molecule has 23 heavy (non-hydrogen) atoms. The number of rotatable bonds is 5. The Hall–Kier alpha value is -3.02. The minimum atomic E-state index is -0.248. The summed E-state index contributed by atoms with van der Waals surface area (Å²) in [6, 6.07) is 12.9. The van der Waals surface area contributed by atoms with Crippen LogP contribution in [0, 0.1) is 11.9 Å². The van der Waals surface area contributed by atoms with E-state index in [0.29, 0.717) is 17.5 Å². The zero-order valence-corrected chi connectivity index (χ0v) is 12.5. The SMILES string of the molecule is C[C@H](Nc1c[c]cc(Nc2cnccn2)n1)c1ccc(F)cc1. The molecule has 115 valence electrons. The fourth-order valence-corrected chi connectivity index (χ4v) is 2.08. The van der Waals surface area contributed by atoms with Crippen LogP contribution in [0.1, 0.15) is 18.5 Å². The highest BCUT2D eigenvalue weighted by molar-refractivity contribution is 5.53. The Balaban J connectivity index is 1.71. The maximum atomic E-state index is 13.0. The van der Waals surface area contributed by atoms with Crippen LogP contribution < -0.4 is 10.6 Å². The van der Waals surface area contributed by atoms with E-state index in [1.165, 1.54) is 12.1 Å². The van der Waals surface area contributed by atoms with E-state index < -0.39 is 0 Å². The van der Waals surface area contributed by atoms with Gasteiger partial charge in [0.15, 0.2) is 0 Å². The van der Waals surface area contributed by atoms with Crippen LogP contribution in [0.5, 0.6) is 0 Å². The molecule has 2 aromatic heterocycles. The van der Waals surface area contributed by atoms with Gasteiger partial charge >= 0.3 is 0 Å². The normalized spacial score (nSPS) is 11.7. The largest absolute Gasteiger partial charge is 0.363 e. The van der Waals surface area contributed by atoms with Crippen LogP contribution in [0.3, 0.4) is 0 Å². The smallest absolute Gasteiger partial charge is 0.150 e. The Morgan fingerprint density at radius 3 is 2.57 bits per heavy atom. The highest BCUT2D eigenvalue weighted by Gasteiger charge is 2.07. The highest BCUT2D eigenvalue weighted by atomic mass is 19.1. The lowest BCUT2D eigenvalue weighted by atomic mass is 10.1. The molecule has 0 saturated carbocycles. The van der Waals surface area contributed by atoms with E-state index in [0.717, 1.165) is 5.56 Å². The minimum Gasteiger partial charge on any atom is -0.363 e. The zero-order chi connectivity index (χ0) is 16.1. The molecule has 1 atom stereocenters. The monoisotopic (exact) mass is 308 g/mol. The van der Waals surface area contributed by atoms with Crippen molar-refractivity contribution >= 4 is 17.5 Å². The first kappa shape index (κ1) is 14.9. The van der Waals surface area contributed by atoms with E-state index in [1.807, 2.05) is 6.92 Å². The molecule has 3 rings (SSSR count). The molecule has 0 aliphatic rings. The molecule has 0 saturated heterocycles. The van der Waals surface area contributed by atoms with E-state index in [1.54, 1.807) is 42.9 Å². The van der Waals surface area contributed by atoms with E-state index in [2.05, 4.69) is 31.7 Å². The lowest BCUT2D eigenvalue weighted by molar-refractivity contribution is 0.626. The Bertz CT molecular complexity index is 761. The highest BCUT2D eigenvalue weighted by Crippen LogP contribution is 2.20. The second-order valence-electron chi connectivity index (χ2n) is 4.97. The summed E-state index contributed by atoms with van der Waals surface area (Å²) in [6.07, 6.45) is 4.82. The molecule has 5 nitrogen and oxygen atoms in total. The molecule has 1 aromatic carbocycles. The third kappa shape index (κ3) is 4.00. The molecule has 1 radical (unpaired) electrons. The first-order valence-corrected chi connectivity index (χ1v) is 7.14. The van der Waals surface area contributed by atoms with Gasteiger partial charge in [0.2, 0.25) is 0 Å². The second kappa shape index (κ2) is 6.83. The third-order valence-corrected chi connectivity index (χ3v) is 3.23. The van der Waals surface area contributed by atoms with Crippen molar-refractivity contribution < 1.29 is 4.39 Å². The van der Waals surface area contributed by atoms with Crippen LogP contribution in [0.25, 0.3) is 0 Å². The summed E-state index contributed by atoms with van der Waals surface area (Å²) < 4.78 is 13.0. The summed E-state index contributed by atoms with van der Waals surface area (Å²) in [5.74, 6) is 1.64. The lowest BCUT2D eigenvalue weighted by Gasteiger charge is -2.15. The standard InChI is InChI=1S/C17H15FN5/c1-12(13-5-7-14(18)8-6-13)21-15-3-2-4-16(22-15)23-17-11-19-9-10-20-17/h3-12H,1H3,(H2,20,21,22,23)/t12-/m0/s1. The summed E-state index contributed by atoms with van der Waals surface area (Å²) in [4.78, 5) is 12.6. The first-order chi connectivity index (χ1) is 11.2. The summed E-state index contributed by atoms with van der Waals surface area (Å²) in [6.45, 7) is 1.98. The Morgan fingerprint density at radius 2 is 1.83 bits per heavy atom. The van der Waals surface area contributed by atoms with Crippen molar-refractivity contribution in [2.45, 2.75) is 13.0 Å². The minimum absolute atomic E-state index is 0.0109. The van der Waals surface area contributed by atoms with Gasteiger partial charge in [-0.15, -0.1) is 0 Å². The predicted molar refractivity (Wildman–Crippen MR) is 86.8 cm³/mol. The second-order valence-corrected chi connectivity index (χ2v) is 4.97. The Morgan fingerprint density at radius 1 is 1.04 bits per heavy atom. The van der Waals surface area contributed by atoms with Crippen LogP contribution in [-0.4, -0.2) is 15.0 Å². The average Bonchev–Trinajstić information content (AvgIpc) is 2.57. The van der Waals surface area contributed by atoms with E-state index in [4.69, 9.17) is 0 Å². The van der Waals surface area contributed by atoms with Gasteiger partial charge in [0, 0.05) is 18.4 Å². The third-order valence-electron chi connectivity index (χ3n) is 3.23. The van der Waals surface area contributed by atoms with Crippen LogP contribution in [-0.2, 0) is 0 Å². The zero-order valence-electron chi connectivity index (χ0n) is 12.5. The number of benzene rings is 1. The van der Waals surface area contributed by atoms with Crippen LogP contribution in [0.15, 0.2) is 55.0 Å². The quantitative estimate of drug-likeness (QED) is 0.752. The fraction of sp³-hybridized carbons (Fsp3) is 0.118. The van der Waals surface area contributed by atoms with Crippen molar-refractivity contribution in [3.8, 4) is 0 Å². The molecule has 0 aliphatic heterocycles. The van der Waals surface area contributed by atoms with Crippen molar-refractivity contribution in [1.82, 2.24) is 15.0 Å². The molecule has 2 heterocycles. The van der Waals surface area contributed by atoms with Crippen molar-refractivity contribution in [3.05, 3.63) is 72.4 Å². The van der Waals surface area contributed by atoms with Gasteiger partial charge in [-0.05, 0) is 42.8 Å². The van der Waals surface area contributed by atoms with Crippen molar-refractivity contribution in [2.24, 2.45) is 0 Å². The number of nitrogens with one attached hydrogen (secondary N) is 2. The molecule has 0 unspecified atom stereocenters. The molecular weight excluding hydrogens is 293 g/mol. The fourth-order valence-electron chi connectivity index (χ4n) is 2.08. The average molecular weight is 308 g/mol. The van der Waals surface area contributed by atoms with E-state index >= 15 is 0 Å². The summed E-state index contributed by atoms with van der Waals surface area (Å²) in [5, 5.41) is 6.32. The molecule has 6 heteroatoms. The predicted octanol–water partition coefficient (Wildman–Crippen LogP) is 3.73. The summed E-state index contributed by atoms with van der Waals surface area (Å²) in [7, 11) is 0. The van der Waals surface area contributed by atoms with Crippen LogP contribution in [0.4, 0.5) is 21.8 Å². The van der Waals surface area contributed by atoms with Gasteiger partial charge in [-0.2, -0.15) is 0 Å². The molecule has 0 fully saturated rings. The Labute approximate surface area is 133 Å². The van der Waals surface area contributed by atoms with Gasteiger partial charge in [0.1, 0.15) is 23.3 Å². The number of halogens is 1. The van der Waals surface area contributed by atoms with Crippen molar-refractivity contribution in [2.75, 3.05) is 10.6 Å². The number of anilines is 3. The molecule has 2 N–H and O–H groups in total. The van der Waals surface area contributed by atoms with E-state index in [9.17, 15) is 4.39 Å². The van der Waals surface area contributed by atoms with E-state index in [-0.39, 0.29) is 11.9 Å². The topological polar surface area (TPSA) is 62.7 Å². The number of aromatic nitrogens is 3. The molecule has 0 aliphatic carbocycles. The molecule has 3 aromatic rings. The Kier molecular flexibility index (Phi) is 4.42. The van der Waals surface area contributed by atoms with Gasteiger partial charge in [0.25, 0.3) is 0 Å². The van der Waals surface area contributed by atoms with Crippen molar-refractivity contribution in [3.63, 3.8) is 0 Å². The molecule has 0 bridgehead atoms. The van der Waals surface area contributed by atoms with Gasteiger partial charge in [-0.3, -0.25) is 4.98 Å². The number of hydrogen-bond donors (Lipinski definition) is 2. The van der Waals surface area contributed by atoms with Crippen molar-refractivity contribution in [1.29, 1.82) is 0 Å². The molecule has 0 amide bonds. The van der Waals surface area contributed by atoms with Gasteiger partial charge in [-0.25, -0.2) is 14.4 Å². The van der Waals surface area contributed by atoms with Gasteiger partial charge < -0.3 is 10.6 Å². The number of nitrogens with zero attached hydrogens (tertiary/aromatic N) is 3. The molecule has 0 spiro atoms. The van der Waals surface area contributed by atoms with Gasteiger partial charge in [0.05, 0.1) is 6.20 Å². The summed E-state index contributed by atoms with van der Waals surface area (Å²) in [5.41, 5.74) is 0.973. The van der Waals surface area contributed by atoms with Crippen LogP contribution in [0.2, 0.25) is 0 Å². The summed E-state index contributed by atoms with van der Waals surface area (Å²) >= 11 is 0.